The zero-order chi connectivity index (χ0) is 13.9. The van der Waals surface area contributed by atoms with Crippen LogP contribution in [-0.2, 0) is 0 Å². The lowest BCUT2D eigenvalue weighted by atomic mass is 10.1. The van der Waals surface area contributed by atoms with Crippen LogP contribution in [0, 0.1) is 3.57 Å². The maximum atomic E-state index is 12.2. The Morgan fingerprint density at radius 1 is 1.10 bits per heavy atom. The molecule has 0 aliphatic carbocycles. The van der Waals surface area contributed by atoms with Crippen molar-refractivity contribution in [3.8, 4) is 0 Å². The summed E-state index contributed by atoms with van der Waals surface area (Å²) in [7, 11) is 0. The van der Waals surface area contributed by atoms with E-state index in [0.29, 0.717) is 11.4 Å². The quantitative estimate of drug-likeness (QED) is 0.698. The van der Waals surface area contributed by atoms with Gasteiger partial charge in [-0.3, -0.25) is 9.78 Å². The fraction of sp³-hybridized carbons (Fsp3) is 0. The molecule has 0 saturated heterocycles. The minimum Gasteiger partial charge on any atom is -0.307 e. The number of nitrogens with zero attached hydrogens (tertiary/aromatic N) is 2. The van der Waals surface area contributed by atoms with Gasteiger partial charge in [-0.1, -0.05) is 6.07 Å². The van der Waals surface area contributed by atoms with Crippen molar-refractivity contribution >= 4 is 45.2 Å². The second-order valence-corrected chi connectivity index (χ2v) is 5.47. The van der Waals surface area contributed by atoms with Gasteiger partial charge in [-0.15, -0.1) is 0 Å². The van der Waals surface area contributed by atoms with Crippen LogP contribution in [0.2, 0.25) is 0 Å². The molecule has 1 N–H and O–H groups in total. The number of hydrogen-bond acceptors (Lipinski definition) is 3. The molecule has 0 aliphatic heterocycles. The van der Waals surface area contributed by atoms with E-state index >= 15 is 0 Å². The van der Waals surface area contributed by atoms with Gasteiger partial charge in [-0.05, 0) is 59.0 Å². The Hall–Kier alpha value is -2.02. The summed E-state index contributed by atoms with van der Waals surface area (Å²) in [5.74, 6) is 0.367. The molecule has 1 aromatic carbocycles. The lowest BCUT2D eigenvalue weighted by Gasteiger charge is -2.05. The summed E-state index contributed by atoms with van der Waals surface area (Å²) in [4.78, 5) is 20.6. The molecule has 2 heterocycles. The average Bonchev–Trinajstić information content (AvgIpc) is 2.49. The molecule has 5 heteroatoms. The Balaban J connectivity index is 1.86. The van der Waals surface area contributed by atoms with Crippen molar-refractivity contribution in [2.45, 2.75) is 0 Å². The highest BCUT2D eigenvalue weighted by atomic mass is 127. The minimum absolute atomic E-state index is 0.176. The van der Waals surface area contributed by atoms with E-state index in [1.54, 1.807) is 24.5 Å². The summed E-state index contributed by atoms with van der Waals surface area (Å²) in [5, 5.41) is 3.72. The predicted octanol–water partition coefficient (Wildman–Crippen LogP) is 3.49. The summed E-state index contributed by atoms with van der Waals surface area (Å²) < 4.78 is 1.03. The fourth-order valence-electron chi connectivity index (χ4n) is 1.86. The Morgan fingerprint density at radius 2 is 2.00 bits per heavy atom. The largest absolute Gasteiger partial charge is 0.307 e. The molecule has 0 fully saturated rings. The van der Waals surface area contributed by atoms with Crippen molar-refractivity contribution in [3.63, 3.8) is 0 Å². The molecular weight excluding hydrogens is 365 g/mol. The summed E-state index contributed by atoms with van der Waals surface area (Å²) in [6.07, 6.45) is 3.44. The second-order valence-electron chi connectivity index (χ2n) is 4.23. The van der Waals surface area contributed by atoms with Gasteiger partial charge in [0, 0.05) is 26.9 Å². The van der Waals surface area contributed by atoms with Crippen molar-refractivity contribution in [1.82, 2.24) is 9.97 Å². The maximum Gasteiger partial charge on any atom is 0.256 e. The van der Waals surface area contributed by atoms with Gasteiger partial charge in [-0.2, -0.15) is 0 Å². The predicted molar refractivity (Wildman–Crippen MR) is 86.7 cm³/mol. The van der Waals surface area contributed by atoms with Gasteiger partial charge in [-0.25, -0.2) is 4.98 Å². The number of fused-ring (bicyclic) bond motifs is 1. The molecule has 0 spiro atoms. The van der Waals surface area contributed by atoms with E-state index in [4.69, 9.17) is 0 Å². The van der Waals surface area contributed by atoms with E-state index in [1.807, 2.05) is 30.3 Å². The van der Waals surface area contributed by atoms with Crippen LogP contribution in [0.5, 0.6) is 0 Å². The lowest BCUT2D eigenvalue weighted by molar-refractivity contribution is 0.102. The highest BCUT2D eigenvalue weighted by molar-refractivity contribution is 14.1. The van der Waals surface area contributed by atoms with E-state index < -0.39 is 0 Å². The van der Waals surface area contributed by atoms with E-state index in [2.05, 4.69) is 37.9 Å². The molecule has 20 heavy (non-hydrogen) atoms. The Morgan fingerprint density at radius 3 is 2.80 bits per heavy atom. The molecule has 1 amide bonds. The van der Waals surface area contributed by atoms with Gasteiger partial charge >= 0.3 is 0 Å². The van der Waals surface area contributed by atoms with E-state index in [1.165, 1.54) is 0 Å². The number of rotatable bonds is 2. The van der Waals surface area contributed by atoms with Crippen LogP contribution >= 0.6 is 22.6 Å². The first kappa shape index (κ1) is 13.0. The Kier molecular flexibility index (Phi) is 3.60. The van der Waals surface area contributed by atoms with Gasteiger partial charge in [0.1, 0.15) is 5.82 Å². The van der Waals surface area contributed by atoms with Crippen molar-refractivity contribution in [3.05, 3.63) is 64.0 Å². The van der Waals surface area contributed by atoms with Gasteiger partial charge in [0.15, 0.2) is 0 Å². The molecule has 98 valence electrons. The van der Waals surface area contributed by atoms with Gasteiger partial charge in [0.25, 0.3) is 5.91 Å². The Labute approximate surface area is 129 Å². The molecule has 4 nitrogen and oxygen atoms in total. The molecule has 0 aliphatic rings. The van der Waals surface area contributed by atoms with Crippen LogP contribution < -0.4 is 5.32 Å². The molecule has 0 bridgehead atoms. The number of benzene rings is 1. The van der Waals surface area contributed by atoms with E-state index in [-0.39, 0.29) is 5.91 Å². The monoisotopic (exact) mass is 375 g/mol. The molecule has 0 radical (unpaired) electrons. The topological polar surface area (TPSA) is 54.9 Å². The van der Waals surface area contributed by atoms with Crippen LogP contribution in [-0.4, -0.2) is 15.9 Å². The van der Waals surface area contributed by atoms with Crippen molar-refractivity contribution in [2.75, 3.05) is 5.32 Å². The minimum atomic E-state index is -0.176. The Bertz CT molecular complexity index is 771. The highest BCUT2D eigenvalue weighted by Gasteiger charge is 2.07. The number of carbonyl (C=O) groups is 1. The zero-order valence-electron chi connectivity index (χ0n) is 10.4. The van der Waals surface area contributed by atoms with Crippen molar-refractivity contribution in [2.24, 2.45) is 0 Å². The molecular formula is C15H10IN3O. The molecule has 3 rings (SSSR count). The van der Waals surface area contributed by atoms with Crippen LogP contribution in [0.1, 0.15) is 10.4 Å². The first-order valence-corrected chi connectivity index (χ1v) is 7.08. The van der Waals surface area contributed by atoms with Crippen LogP contribution in [0.4, 0.5) is 5.82 Å². The third kappa shape index (κ3) is 2.77. The number of pyridine rings is 2. The first-order valence-electron chi connectivity index (χ1n) is 6.00. The van der Waals surface area contributed by atoms with Crippen LogP contribution in [0.15, 0.2) is 54.9 Å². The highest BCUT2D eigenvalue weighted by Crippen LogP contribution is 2.15. The van der Waals surface area contributed by atoms with Crippen molar-refractivity contribution < 1.29 is 4.79 Å². The third-order valence-corrected chi connectivity index (χ3v) is 3.47. The van der Waals surface area contributed by atoms with Crippen molar-refractivity contribution in [1.29, 1.82) is 0 Å². The third-order valence-electron chi connectivity index (χ3n) is 2.83. The smallest absolute Gasteiger partial charge is 0.256 e. The summed E-state index contributed by atoms with van der Waals surface area (Å²) in [6.45, 7) is 0. The standard InChI is InChI=1S/C15H10IN3O/c16-12-4-6-14(18-9-12)19-15(20)11-3-5-13-10(8-11)2-1-7-17-13/h1-9H,(H,18,19,20). The lowest BCUT2D eigenvalue weighted by Crippen LogP contribution is -2.12. The number of aromatic nitrogens is 2. The second kappa shape index (κ2) is 5.54. The summed E-state index contributed by atoms with van der Waals surface area (Å²) in [5.41, 5.74) is 1.46. The molecule has 0 saturated carbocycles. The number of amides is 1. The van der Waals surface area contributed by atoms with Gasteiger partial charge in [0.05, 0.1) is 5.52 Å². The first-order chi connectivity index (χ1) is 9.72. The zero-order valence-corrected chi connectivity index (χ0v) is 12.5. The molecule has 0 atom stereocenters. The fourth-order valence-corrected chi connectivity index (χ4v) is 2.17. The number of halogens is 1. The summed E-state index contributed by atoms with van der Waals surface area (Å²) >= 11 is 2.17. The van der Waals surface area contributed by atoms with Crippen LogP contribution in [0.3, 0.4) is 0 Å². The maximum absolute atomic E-state index is 12.2. The van der Waals surface area contributed by atoms with E-state index in [9.17, 15) is 4.79 Å². The SMILES string of the molecule is O=C(Nc1ccc(I)cn1)c1ccc2ncccc2c1. The molecule has 2 aromatic heterocycles. The van der Waals surface area contributed by atoms with Crippen LogP contribution in [0.25, 0.3) is 10.9 Å². The number of anilines is 1. The van der Waals surface area contributed by atoms with Gasteiger partial charge < -0.3 is 5.32 Å². The number of carbonyl (C=O) groups excluding carboxylic acids is 1. The molecule has 0 unspecified atom stereocenters. The normalized spacial score (nSPS) is 10.4. The summed E-state index contributed by atoms with van der Waals surface area (Å²) in [6, 6.07) is 12.9. The number of hydrogen-bond donors (Lipinski definition) is 1. The number of nitrogens with one attached hydrogen (secondary N) is 1. The molecule has 3 aromatic rings. The van der Waals surface area contributed by atoms with E-state index in [0.717, 1.165) is 14.5 Å². The van der Waals surface area contributed by atoms with Gasteiger partial charge in [0.2, 0.25) is 0 Å². The average molecular weight is 375 g/mol.